The van der Waals surface area contributed by atoms with E-state index in [0.29, 0.717) is 22.7 Å². The molecule has 0 aliphatic rings. The average Bonchev–Trinajstić information content (AvgIpc) is 3.18. The number of ether oxygens (including phenoxy) is 1. The molecule has 0 N–H and O–H groups in total. The molecule has 0 radical (unpaired) electrons. The van der Waals surface area contributed by atoms with Crippen molar-refractivity contribution in [2.24, 2.45) is 0 Å². The first kappa shape index (κ1) is 25.6. The number of fused-ring (bicyclic) bond motifs is 1. The molecule has 0 spiro atoms. The fourth-order valence-electron chi connectivity index (χ4n) is 3.73. The first-order valence-electron chi connectivity index (χ1n) is 10.5. The lowest BCUT2D eigenvalue weighted by atomic mass is 10.1. The Kier molecular flexibility index (Phi) is 6.80. The van der Waals surface area contributed by atoms with Crippen LogP contribution in [-0.2, 0) is 27.5 Å². The van der Waals surface area contributed by atoms with E-state index in [2.05, 4.69) is 4.74 Å². The number of aryl methyl sites for hydroxylation is 1. The molecule has 0 atom stereocenters. The number of thiophene rings is 1. The number of carbonyl (C=O) groups is 1. The maximum atomic E-state index is 13.9. The molecule has 3 aromatic carbocycles. The van der Waals surface area contributed by atoms with Gasteiger partial charge in [-0.1, -0.05) is 24.3 Å². The van der Waals surface area contributed by atoms with Gasteiger partial charge in [0.25, 0.3) is 10.0 Å². The van der Waals surface area contributed by atoms with Gasteiger partial charge in [0.15, 0.2) is 0 Å². The SMILES string of the molecule is COC(=O)c1ccc(S(=O)(=O)N(Cc2ccc(F)c(C(F)(F)F)c2)c2sc3ccccc3c2C)cc1. The monoisotopic (exact) mass is 537 g/mol. The molecule has 0 aliphatic carbocycles. The second-order valence-corrected chi connectivity index (χ2v) is 10.8. The van der Waals surface area contributed by atoms with Crippen LogP contribution in [0.5, 0.6) is 0 Å². The summed E-state index contributed by atoms with van der Waals surface area (Å²) in [5.74, 6) is -2.10. The van der Waals surface area contributed by atoms with Crippen LogP contribution in [0.3, 0.4) is 0 Å². The second-order valence-electron chi connectivity index (χ2n) is 7.87. The van der Waals surface area contributed by atoms with Crippen LogP contribution in [0.25, 0.3) is 10.1 Å². The number of carbonyl (C=O) groups excluding carboxylic acids is 1. The summed E-state index contributed by atoms with van der Waals surface area (Å²) in [6, 6.07) is 14.7. The maximum Gasteiger partial charge on any atom is 0.419 e. The largest absolute Gasteiger partial charge is 0.465 e. The van der Waals surface area contributed by atoms with Gasteiger partial charge in [0.1, 0.15) is 10.8 Å². The summed E-state index contributed by atoms with van der Waals surface area (Å²) in [4.78, 5) is 11.6. The zero-order valence-corrected chi connectivity index (χ0v) is 20.6. The quantitative estimate of drug-likeness (QED) is 0.207. The van der Waals surface area contributed by atoms with Gasteiger partial charge >= 0.3 is 12.1 Å². The summed E-state index contributed by atoms with van der Waals surface area (Å²) < 4.78 is 87.8. The Morgan fingerprint density at radius 1 is 1.03 bits per heavy atom. The number of esters is 1. The van der Waals surface area contributed by atoms with E-state index < -0.39 is 40.1 Å². The third kappa shape index (κ3) is 4.80. The Labute approximate surface area is 208 Å². The highest BCUT2D eigenvalue weighted by atomic mass is 32.2. The number of sulfonamides is 1. The normalized spacial score (nSPS) is 12.1. The number of halogens is 4. The molecule has 4 aromatic rings. The van der Waals surface area contributed by atoms with Gasteiger partial charge in [-0.3, -0.25) is 4.31 Å². The average molecular weight is 538 g/mol. The summed E-state index contributed by atoms with van der Waals surface area (Å²) in [5.41, 5.74) is -0.763. The van der Waals surface area contributed by atoms with Crippen LogP contribution < -0.4 is 4.31 Å². The molecule has 4 rings (SSSR count). The molecule has 0 fully saturated rings. The van der Waals surface area contributed by atoms with Crippen LogP contribution in [0, 0.1) is 12.7 Å². The third-order valence-electron chi connectivity index (χ3n) is 5.57. The van der Waals surface area contributed by atoms with Gasteiger partial charge in [0.2, 0.25) is 0 Å². The lowest BCUT2D eigenvalue weighted by molar-refractivity contribution is -0.140. The summed E-state index contributed by atoms with van der Waals surface area (Å²) in [7, 11) is -3.12. The predicted octanol–water partition coefficient (Wildman–Crippen LogP) is 6.55. The zero-order chi connectivity index (χ0) is 26.3. The molecule has 0 unspecified atom stereocenters. The Bertz CT molecular complexity index is 1540. The van der Waals surface area contributed by atoms with Crippen LogP contribution >= 0.6 is 11.3 Å². The smallest absolute Gasteiger partial charge is 0.419 e. The molecule has 0 saturated heterocycles. The van der Waals surface area contributed by atoms with Crippen molar-refractivity contribution in [3.05, 3.63) is 94.8 Å². The lowest BCUT2D eigenvalue weighted by Crippen LogP contribution is -2.30. The molecule has 5 nitrogen and oxygen atoms in total. The van der Waals surface area contributed by atoms with Crippen molar-refractivity contribution in [2.75, 3.05) is 11.4 Å². The van der Waals surface area contributed by atoms with Gasteiger partial charge in [-0.15, -0.1) is 11.3 Å². The predicted molar refractivity (Wildman–Crippen MR) is 129 cm³/mol. The van der Waals surface area contributed by atoms with Gasteiger partial charge < -0.3 is 4.74 Å². The molecule has 36 heavy (non-hydrogen) atoms. The summed E-state index contributed by atoms with van der Waals surface area (Å²) >= 11 is 1.17. The van der Waals surface area contributed by atoms with Gasteiger partial charge in [0.05, 0.1) is 29.7 Å². The molecule has 0 amide bonds. The van der Waals surface area contributed by atoms with E-state index in [1.807, 2.05) is 12.1 Å². The first-order chi connectivity index (χ1) is 16.9. The molecule has 1 aromatic heterocycles. The Balaban J connectivity index is 1.86. The van der Waals surface area contributed by atoms with Gasteiger partial charge in [-0.25, -0.2) is 17.6 Å². The van der Waals surface area contributed by atoms with E-state index in [0.717, 1.165) is 20.5 Å². The number of benzene rings is 3. The second kappa shape index (κ2) is 9.55. The highest BCUT2D eigenvalue weighted by Crippen LogP contribution is 2.41. The highest BCUT2D eigenvalue weighted by Gasteiger charge is 2.35. The van der Waals surface area contributed by atoms with Crippen LogP contribution in [-0.4, -0.2) is 21.5 Å². The van der Waals surface area contributed by atoms with E-state index >= 15 is 0 Å². The summed E-state index contributed by atoms with van der Waals surface area (Å²) in [6.45, 7) is 1.25. The van der Waals surface area contributed by atoms with Crippen LogP contribution in [0.1, 0.15) is 27.0 Å². The van der Waals surface area contributed by atoms with Crippen LogP contribution in [0.2, 0.25) is 0 Å². The number of hydrogen-bond donors (Lipinski definition) is 0. The fourth-order valence-corrected chi connectivity index (χ4v) is 6.66. The van der Waals surface area contributed by atoms with E-state index in [9.17, 15) is 30.8 Å². The standard InChI is InChI=1S/C25H19F4NO4S2/c1-15-19-5-3-4-6-22(19)35-23(15)30(14-16-7-12-21(26)20(13-16)25(27,28)29)36(32,33)18-10-8-17(9-11-18)24(31)34-2/h3-13H,14H2,1-2H3. The van der Waals surface area contributed by atoms with Gasteiger partial charge in [-0.2, -0.15) is 13.2 Å². The van der Waals surface area contributed by atoms with E-state index in [-0.39, 0.29) is 16.0 Å². The maximum absolute atomic E-state index is 13.9. The highest BCUT2D eigenvalue weighted by molar-refractivity contribution is 7.93. The minimum absolute atomic E-state index is 0.0460. The molecule has 0 aliphatic heterocycles. The molecule has 0 bridgehead atoms. The number of anilines is 1. The number of hydrogen-bond acceptors (Lipinski definition) is 5. The molecule has 11 heteroatoms. The van der Waals surface area contributed by atoms with Crippen molar-refractivity contribution in [1.29, 1.82) is 0 Å². The number of methoxy groups -OCH3 is 1. The Morgan fingerprint density at radius 2 is 1.69 bits per heavy atom. The fraction of sp³-hybridized carbons (Fsp3) is 0.160. The molecular weight excluding hydrogens is 518 g/mol. The van der Waals surface area contributed by atoms with Crippen LogP contribution in [0.15, 0.2) is 71.6 Å². The van der Waals surface area contributed by atoms with Crippen molar-refractivity contribution < 1.29 is 35.5 Å². The molecule has 0 saturated carbocycles. The lowest BCUT2D eigenvalue weighted by Gasteiger charge is -2.24. The van der Waals surface area contributed by atoms with Crippen molar-refractivity contribution in [3.8, 4) is 0 Å². The van der Waals surface area contributed by atoms with Gasteiger partial charge in [-0.05, 0) is 65.9 Å². The van der Waals surface area contributed by atoms with Crippen molar-refractivity contribution >= 4 is 42.4 Å². The van der Waals surface area contributed by atoms with Crippen molar-refractivity contribution in [1.82, 2.24) is 0 Å². The first-order valence-corrected chi connectivity index (χ1v) is 12.7. The van der Waals surface area contributed by atoms with E-state index in [1.165, 1.54) is 42.7 Å². The number of rotatable bonds is 6. The number of nitrogens with zero attached hydrogens (tertiary/aromatic N) is 1. The van der Waals surface area contributed by atoms with Crippen LogP contribution in [0.4, 0.5) is 22.6 Å². The minimum atomic E-state index is -4.94. The topological polar surface area (TPSA) is 63.7 Å². The van der Waals surface area contributed by atoms with E-state index in [4.69, 9.17) is 0 Å². The number of alkyl halides is 3. The van der Waals surface area contributed by atoms with Gasteiger partial charge in [0, 0.05) is 4.70 Å². The molecular formula is C25H19F4NO4S2. The summed E-state index contributed by atoms with van der Waals surface area (Å²) in [6.07, 6.45) is -4.94. The zero-order valence-electron chi connectivity index (χ0n) is 19.0. The minimum Gasteiger partial charge on any atom is -0.465 e. The Morgan fingerprint density at radius 3 is 2.31 bits per heavy atom. The Hall–Kier alpha value is -3.44. The van der Waals surface area contributed by atoms with Crippen molar-refractivity contribution in [2.45, 2.75) is 24.5 Å². The van der Waals surface area contributed by atoms with Crippen molar-refractivity contribution in [3.63, 3.8) is 0 Å². The summed E-state index contributed by atoms with van der Waals surface area (Å²) in [5, 5.41) is 1.11. The molecule has 188 valence electrons. The van der Waals surface area contributed by atoms with E-state index in [1.54, 1.807) is 19.1 Å². The third-order valence-corrected chi connectivity index (χ3v) is 8.74. The molecule has 1 heterocycles.